The SMILES string of the molecule is Cc1cccc(N=C2Nc3ccccc3N3C2=Nc2c(c(C)nn2-c2ccccc2)[C@@H]3c2cccs2)c1C. The number of benzene rings is 3. The van der Waals surface area contributed by atoms with E-state index in [1.807, 2.05) is 22.9 Å². The van der Waals surface area contributed by atoms with Gasteiger partial charge in [-0.2, -0.15) is 5.10 Å². The highest BCUT2D eigenvalue weighted by Crippen LogP contribution is 2.48. The van der Waals surface area contributed by atoms with Crippen LogP contribution >= 0.6 is 11.3 Å². The van der Waals surface area contributed by atoms with Crippen molar-refractivity contribution in [2.24, 2.45) is 9.98 Å². The van der Waals surface area contributed by atoms with Gasteiger partial charge in [0.15, 0.2) is 17.5 Å². The van der Waals surface area contributed by atoms with Gasteiger partial charge in [0.1, 0.15) is 6.04 Å². The lowest BCUT2D eigenvalue weighted by atomic mass is 9.98. The molecule has 0 amide bonds. The minimum atomic E-state index is -0.0815. The van der Waals surface area contributed by atoms with Gasteiger partial charge in [-0.05, 0) is 73.7 Å². The van der Waals surface area contributed by atoms with E-state index >= 15 is 0 Å². The molecule has 0 fully saturated rings. The second-order valence-electron chi connectivity index (χ2n) is 9.62. The molecular formula is C31H26N6S. The monoisotopic (exact) mass is 514 g/mol. The molecule has 2 aliphatic heterocycles. The maximum Gasteiger partial charge on any atom is 0.179 e. The molecule has 1 N–H and O–H groups in total. The van der Waals surface area contributed by atoms with Crippen molar-refractivity contribution in [3.05, 3.63) is 118 Å². The largest absolute Gasteiger partial charge is 0.335 e. The van der Waals surface area contributed by atoms with E-state index < -0.39 is 0 Å². The average Bonchev–Trinajstić information content (AvgIpc) is 3.59. The molecule has 2 aliphatic rings. The summed E-state index contributed by atoms with van der Waals surface area (Å²) in [5.74, 6) is 2.35. The molecular weight excluding hydrogens is 488 g/mol. The molecule has 0 saturated heterocycles. The van der Waals surface area contributed by atoms with E-state index in [4.69, 9.17) is 15.1 Å². The van der Waals surface area contributed by atoms with Crippen LogP contribution in [-0.4, -0.2) is 21.5 Å². The molecule has 6 nitrogen and oxygen atoms in total. The van der Waals surface area contributed by atoms with Crippen LogP contribution in [0, 0.1) is 20.8 Å². The van der Waals surface area contributed by atoms with Crippen LogP contribution in [0.15, 0.2) is 100 Å². The summed E-state index contributed by atoms with van der Waals surface area (Å²) in [6, 6.07) is 29.1. The summed E-state index contributed by atoms with van der Waals surface area (Å²) in [5.41, 5.74) is 8.44. The van der Waals surface area contributed by atoms with E-state index in [1.165, 1.54) is 10.4 Å². The van der Waals surface area contributed by atoms with Crippen LogP contribution in [0.5, 0.6) is 0 Å². The predicted octanol–water partition coefficient (Wildman–Crippen LogP) is 7.65. The fourth-order valence-corrected chi connectivity index (χ4v) is 6.10. The van der Waals surface area contributed by atoms with E-state index in [0.717, 1.165) is 57.1 Å². The van der Waals surface area contributed by atoms with Gasteiger partial charge in [-0.1, -0.05) is 48.5 Å². The van der Waals surface area contributed by atoms with Crippen LogP contribution in [0.1, 0.15) is 33.3 Å². The zero-order chi connectivity index (χ0) is 25.8. The number of rotatable bonds is 3. The number of aromatic nitrogens is 2. The van der Waals surface area contributed by atoms with E-state index in [9.17, 15) is 0 Å². The van der Waals surface area contributed by atoms with Crippen molar-refractivity contribution in [2.45, 2.75) is 26.8 Å². The van der Waals surface area contributed by atoms with E-state index in [-0.39, 0.29) is 6.04 Å². The van der Waals surface area contributed by atoms with Gasteiger partial charge in [-0.15, -0.1) is 11.3 Å². The predicted molar refractivity (Wildman–Crippen MR) is 157 cm³/mol. The van der Waals surface area contributed by atoms with E-state index in [1.54, 1.807) is 11.3 Å². The molecule has 2 aromatic heterocycles. The van der Waals surface area contributed by atoms with Crippen molar-refractivity contribution in [3.8, 4) is 5.69 Å². The Labute approximate surface area is 225 Å². The Morgan fingerprint density at radius 1 is 0.868 bits per heavy atom. The van der Waals surface area contributed by atoms with Gasteiger partial charge in [-0.3, -0.25) is 0 Å². The molecule has 0 unspecified atom stereocenters. The Bertz CT molecular complexity index is 1730. The molecule has 7 heteroatoms. The Balaban J connectivity index is 1.53. The molecule has 38 heavy (non-hydrogen) atoms. The van der Waals surface area contributed by atoms with Crippen molar-refractivity contribution >= 4 is 45.9 Å². The zero-order valence-electron chi connectivity index (χ0n) is 21.4. The quantitative estimate of drug-likeness (QED) is 0.269. The number of aliphatic imine (C=N–C) groups is 2. The summed E-state index contributed by atoms with van der Waals surface area (Å²) >= 11 is 1.75. The first-order valence-electron chi connectivity index (χ1n) is 12.7. The first-order chi connectivity index (χ1) is 18.6. The Kier molecular flexibility index (Phi) is 5.26. The first kappa shape index (κ1) is 22.7. The fourth-order valence-electron chi connectivity index (χ4n) is 5.27. The van der Waals surface area contributed by atoms with Gasteiger partial charge in [-0.25, -0.2) is 14.7 Å². The maximum atomic E-state index is 5.31. The molecule has 186 valence electrons. The van der Waals surface area contributed by atoms with Crippen LogP contribution < -0.4 is 10.2 Å². The Morgan fingerprint density at radius 3 is 2.50 bits per heavy atom. The Hall–Kier alpha value is -4.49. The van der Waals surface area contributed by atoms with Crippen LogP contribution in [0.25, 0.3) is 5.69 Å². The second kappa shape index (κ2) is 8.82. The number of anilines is 2. The van der Waals surface area contributed by atoms with Crippen molar-refractivity contribution < 1.29 is 0 Å². The summed E-state index contributed by atoms with van der Waals surface area (Å²) in [5, 5.41) is 10.7. The zero-order valence-corrected chi connectivity index (χ0v) is 22.2. The molecule has 0 aliphatic carbocycles. The molecule has 0 saturated carbocycles. The van der Waals surface area contributed by atoms with Crippen molar-refractivity contribution in [2.75, 3.05) is 10.2 Å². The lowest BCUT2D eigenvalue weighted by Crippen LogP contribution is -2.48. The van der Waals surface area contributed by atoms with Gasteiger partial charge >= 0.3 is 0 Å². The summed E-state index contributed by atoms with van der Waals surface area (Å²) in [6.45, 7) is 6.32. The Morgan fingerprint density at radius 2 is 1.68 bits per heavy atom. The molecule has 7 rings (SSSR count). The number of aryl methyl sites for hydroxylation is 2. The van der Waals surface area contributed by atoms with Crippen LogP contribution in [0.2, 0.25) is 0 Å². The maximum absolute atomic E-state index is 5.31. The standard InChI is InChI=1S/C31H26N6S/c1-19-11-9-15-23(20(19)2)32-29-31-34-30-27(21(3)35-37(30)22-12-5-4-6-13-22)28(26-17-10-18-38-26)36(31)25-16-8-7-14-24(25)33-29/h4-18,28H,1-3H3,(H,32,33)/t28-/m0/s1. The number of hydrogen-bond acceptors (Lipinski definition) is 5. The number of fused-ring (bicyclic) bond motifs is 4. The minimum absolute atomic E-state index is 0.0815. The highest BCUT2D eigenvalue weighted by molar-refractivity contribution is 7.10. The van der Waals surface area contributed by atoms with Gasteiger partial charge in [0.05, 0.1) is 28.4 Å². The highest BCUT2D eigenvalue weighted by atomic mass is 32.1. The smallest absolute Gasteiger partial charge is 0.179 e. The fraction of sp³-hybridized carbons (Fsp3) is 0.129. The number of nitrogens with zero attached hydrogens (tertiary/aromatic N) is 5. The van der Waals surface area contributed by atoms with Crippen LogP contribution in [-0.2, 0) is 0 Å². The molecule has 0 spiro atoms. The number of hydrogen-bond donors (Lipinski definition) is 1. The first-order valence-corrected chi connectivity index (χ1v) is 13.6. The van der Waals surface area contributed by atoms with Crippen molar-refractivity contribution in [3.63, 3.8) is 0 Å². The normalized spacial score (nSPS) is 16.9. The third kappa shape index (κ3) is 3.50. The van der Waals surface area contributed by atoms with Gasteiger partial charge in [0.2, 0.25) is 0 Å². The lowest BCUT2D eigenvalue weighted by molar-refractivity contribution is 0.831. The number of thiophene rings is 1. The summed E-state index contributed by atoms with van der Waals surface area (Å²) in [6.07, 6.45) is 0. The molecule has 5 aromatic rings. The van der Waals surface area contributed by atoms with Crippen molar-refractivity contribution in [1.29, 1.82) is 0 Å². The summed E-state index contributed by atoms with van der Waals surface area (Å²) in [4.78, 5) is 14.0. The van der Waals surface area contributed by atoms with E-state index in [2.05, 4.69) is 103 Å². The molecule has 1 atom stereocenters. The number of amidine groups is 2. The lowest BCUT2D eigenvalue weighted by Gasteiger charge is -2.41. The number of para-hydroxylation sites is 3. The van der Waals surface area contributed by atoms with E-state index in [0.29, 0.717) is 0 Å². The topological polar surface area (TPSA) is 57.8 Å². The second-order valence-corrected chi connectivity index (χ2v) is 10.6. The molecule has 3 aromatic carbocycles. The summed E-state index contributed by atoms with van der Waals surface area (Å²) in [7, 11) is 0. The van der Waals surface area contributed by atoms with Gasteiger partial charge in [0, 0.05) is 10.4 Å². The van der Waals surface area contributed by atoms with Gasteiger partial charge < -0.3 is 10.2 Å². The van der Waals surface area contributed by atoms with Crippen molar-refractivity contribution in [1.82, 2.24) is 9.78 Å². The third-order valence-corrected chi connectivity index (χ3v) is 8.23. The van der Waals surface area contributed by atoms with Crippen LogP contribution in [0.4, 0.5) is 22.9 Å². The molecule has 0 bridgehead atoms. The third-order valence-electron chi connectivity index (χ3n) is 7.30. The molecule has 4 heterocycles. The number of nitrogens with one attached hydrogen (secondary N) is 1. The molecule has 0 radical (unpaired) electrons. The van der Waals surface area contributed by atoms with Gasteiger partial charge in [0.25, 0.3) is 0 Å². The van der Waals surface area contributed by atoms with Crippen LogP contribution in [0.3, 0.4) is 0 Å². The minimum Gasteiger partial charge on any atom is -0.335 e. The summed E-state index contributed by atoms with van der Waals surface area (Å²) < 4.78 is 1.96. The highest BCUT2D eigenvalue weighted by Gasteiger charge is 2.42. The average molecular weight is 515 g/mol.